The molecule has 0 radical (unpaired) electrons. The van der Waals surface area contributed by atoms with Gasteiger partial charge >= 0.3 is 0 Å². The van der Waals surface area contributed by atoms with E-state index < -0.39 is 0 Å². The molecule has 0 amide bonds. The first-order valence-corrected chi connectivity index (χ1v) is 5.04. The SMILES string of the molecule is Cc1cccc(C)c1-c1cnc(N)nc1N. The van der Waals surface area contributed by atoms with Crippen LogP contribution in [0.25, 0.3) is 11.1 Å². The number of nitrogens with zero attached hydrogens (tertiary/aromatic N) is 2. The second-order valence-electron chi connectivity index (χ2n) is 3.79. The number of aryl methyl sites for hydroxylation is 2. The van der Waals surface area contributed by atoms with Crippen molar-refractivity contribution in [1.29, 1.82) is 0 Å². The lowest BCUT2D eigenvalue weighted by molar-refractivity contribution is 1.19. The minimum Gasteiger partial charge on any atom is -0.383 e. The monoisotopic (exact) mass is 214 g/mol. The summed E-state index contributed by atoms with van der Waals surface area (Å²) in [6.07, 6.45) is 1.67. The summed E-state index contributed by atoms with van der Waals surface area (Å²) in [6.45, 7) is 4.08. The van der Waals surface area contributed by atoms with Crippen LogP contribution in [0.3, 0.4) is 0 Å². The van der Waals surface area contributed by atoms with E-state index in [0.29, 0.717) is 5.82 Å². The van der Waals surface area contributed by atoms with Gasteiger partial charge in [-0.3, -0.25) is 0 Å². The molecule has 0 atom stereocenters. The largest absolute Gasteiger partial charge is 0.383 e. The molecule has 0 saturated carbocycles. The molecule has 0 fully saturated rings. The molecule has 4 N–H and O–H groups in total. The van der Waals surface area contributed by atoms with Crippen LogP contribution in [0.15, 0.2) is 24.4 Å². The van der Waals surface area contributed by atoms with Crippen LogP contribution < -0.4 is 11.5 Å². The molecule has 2 rings (SSSR count). The molecule has 0 spiro atoms. The number of hydrogen-bond acceptors (Lipinski definition) is 4. The van der Waals surface area contributed by atoms with Crippen molar-refractivity contribution in [1.82, 2.24) is 9.97 Å². The summed E-state index contributed by atoms with van der Waals surface area (Å²) in [6, 6.07) is 6.10. The second-order valence-corrected chi connectivity index (χ2v) is 3.79. The van der Waals surface area contributed by atoms with Gasteiger partial charge in [-0.15, -0.1) is 0 Å². The first kappa shape index (κ1) is 10.4. The number of rotatable bonds is 1. The lowest BCUT2D eigenvalue weighted by Gasteiger charge is -2.11. The molecule has 0 aliphatic rings. The van der Waals surface area contributed by atoms with Gasteiger partial charge in [0.15, 0.2) is 0 Å². The van der Waals surface area contributed by atoms with E-state index in [1.165, 1.54) is 0 Å². The Kier molecular flexibility index (Phi) is 2.48. The molecule has 0 aliphatic carbocycles. The van der Waals surface area contributed by atoms with E-state index in [-0.39, 0.29) is 5.95 Å². The summed E-state index contributed by atoms with van der Waals surface area (Å²) in [7, 11) is 0. The highest BCUT2D eigenvalue weighted by Crippen LogP contribution is 2.30. The van der Waals surface area contributed by atoms with Crippen LogP contribution >= 0.6 is 0 Å². The average molecular weight is 214 g/mol. The van der Waals surface area contributed by atoms with Crippen molar-refractivity contribution in [3.63, 3.8) is 0 Å². The fourth-order valence-corrected chi connectivity index (χ4v) is 1.84. The Bertz CT molecular complexity index is 514. The van der Waals surface area contributed by atoms with Gasteiger partial charge < -0.3 is 11.5 Å². The highest BCUT2D eigenvalue weighted by atomic mass is 15.0. The summed E-state index contributed by atoms with van der Waals surface area (Å²) in [5.74, 6) is 0.623. The average Bonchev–Trinajstić information content (AvgIpc) is 2.20. The lowest BCUT2D eigenvalue weighted by atomic mass is 9.97. The Hall–Kier alpha value is -2.10. The maximum Gasteiger partial charge on any atom is 0.221 e. The molecule has 0 bridgehead atoms. The smallest absolute Gasteiger partial charge is 0.221 e. The number of aromatic nitrogens is 2. The van der Waals surface area contributed by atoms with E-state index in [1.807, 2.05) is 32.0 Å². The Balaban J connectivity index is 2.68. The fraction of sp³-hybridized carbons (Fsp3) is 0.167. The number of nitrogens with two attached hydrogens (primary N) is 2. The quantitative estimate of drug-likeness (QED) is 0.760. The van der Waals surface area contributed by atoms with Gasteiger partial charge in [-0.05, 0) is 30.5 Å². The fourth-order valence-electron chi connectivity index (χ4n) is 1.84. The van der Waals surface area contributed by atoms with Crippen LogP contribution in [-0.4, -0.2) is 9.97 Å². The molecule has 0 saturated heterocycles. The number of anilines is 2. The molecule has 4 heteroatoms. The number of hydrogen-bond donors (Lipinski definition) is 2. The van der Waals surface area contributed by atoms with Gasteiger partial charge in [-0.1, -0.05) is 18.2 Å². The predicted octanol–water partition coefficient (Wildman–Crippen LogP) is 1.92. The normalized spacial score (nSPS) is 10.4. The van der Waals surface area contributed by atoms with Crippen LogP contribution in [0.4, 0.5) is 11.8 Å². The molecule has 2 aromatic rings. The van der Waals surface area contributed by atoms with E-state index in [4.69, 9.17) is 11.5 Å². The standard InChI is InChI=1S/C12H14N4/c1-7-4-3-5-8(2)10(7)9-6-15-12(14)16-11(9)13/h3-6H,1-2H3,(H4,13,14,15,16). The van der Waals surface area contributed by atoms with Gasteiger partial charge in [0, 0.05) is 11.8 Å². The molecular weight excluding hydrogens is 200 g/mol. The summed E-state index contributed by atoms with van der Waals surface area (Å²) in [5, 5.41) is 0. The van der Waals surface area contributed by atoms with Gasteiger partial charge in [0.25, 0.3) is 0 Å². The zero-order valence-electron chi connectivity index (χ0n) is 9.36. The van der Waals surface area contributed by atoms with Gasteiger partial charge in [0.1, 0.15) is 5.82 Å². The number of nitrogen functional groups attached to an aromatic ring is 2. The van der Waals surface area contributed by atoms with Gasteiger partial charge in [-0.2, -0.15) is 4.98 Å². The van der Waals surface area contributed by atoms with Crippen molar-refractivity contribution in [2.24, 2.45) is 0 Å². The van der Waals surface area contributed by atoms with E-state index >= 15 is 0 Å². The first-order valence-electron chi connectivity index (χ1n) is 5.04. The molecule has 82 valence electrons. The molecule has 0 aliphatic heterocycles. The molecule has 16 heavy (non-hydrogen) atoms. The van der Waals surface area contributed by atoms with E-state index in [9.17, 15) is 0 Å². The van der Waals surface area contributed by atoms with Crippen molar-refractivity contribution in [2.45, 2.75) is 13.8 Å². The Morgan fingerprint density at radius 2 is 1.69 bits per heavy atom. The third kappa shape index (κ3) is 1.69. The predicted molar refractivity (Wildman–Crippen MR) is 65.8 cm³/mol. The second kappa shape index (κ2) is 3.81. The van der Waals surface area contributed by atoms with Crippen LogP contribution in [-0.2, 0) is 0 Å². The van der Waals surface area contributed by atoms with Crippen molar-refractivity contribution in [3.8, 4) is 11.1 Å². The molecule has 1 aromatic heterocycles. The van der Waals surface area contributed by atoms with Gasteiger partial charge in [0.05, 0.1) is 0 Å². The van der Waals surface area contributed by atoms with Gasteiger partial charge in [0.2, 0.25) is 5.95 Å². The van der Waals surface area contributed by atoms with E-state index in [2.05, 4.69) is 9.97 Å². The van der Waals surface area contributed by atoms with Crippen molar-refractivity contribution in [3.05, 3.63) is 35.5 Å². The summed E-state index contributed by atoms with van der Waals surface area (Å²) < 4.78 is 0. The third-order valence-corrected chi connectivity index (χ3v) is 2.59. The lowest BCUT2D eigenvalue weighted by Crippen LogP contribution is -2.02. The molecule has 1 heterocycles. The van der Waals surface area contributed by atoms with E-state index in [1.54, 1.807) is 6.20 Å². The zero-order valence-corrected chi connectivity index (χ0v) is 9.36. The zero-order chi connectivity index (χ0) is 11.7. The van der Waals surface area contributed by atoms with Crippen LogP contribution in [0.5, 0.6) is 0 Å². The summed E-state index contributed by atoms with van der Waals surface area (Å²) in [5.41, 5.74) is 15.6. The maximum absolute atomic E-state index is 5.86. The first-order chi connectivity index (χ1) is 7.59. The van der Waals surface area contributed by atoms with Crippen LogP contribution in [0.2, 0.25) is 0 Å². The third-order valence-electron chi connectivity index (χ3n) is 2.59. The van der Waals surface area contributed by atoms with E-state index in [0.717, 1.165) is 22.3 Å². The Morgan fingerprint density at radius 3 is 2.25 bits per heavy atom. The minimum absolute atomic E-state index is 0.201. The molecule has 1 aromatic carbocycles. The van der Waals surface area contributed by atoms with Crippen molar-refractivity contribution in [2.75, 3.05) is 11.5 Å². The minimum atomic E-state index is 0.201. The summed E-state index contributed by atoms with van der Waals surface area (Å²) in [4.78, 5) is 7.96. The van der Waals surface area contributed by atoms with Crippen LogP contribution in [0, 0.1) is 13.8 Å². The molecule has 0 unspecified atom stereocenters. The van der Waals surface area contributed by atoms with Crippen molar-refractivity contribution < 1.29 is 0 Å². The Labute approximate surface area is 94.3 Å². The molecule has 4 nitrogen and oxygen atoms in total. The topological polar surface area (TPSA) is 77.8 Å². The summed E-state index contributed by atoms with van der Waals surface area (Å²) >= 11 is 0. The highest BCUT2D eigenvalue weighted by molar-refractivity contribution is 5.78. The molecular formula is C12H14N4. The highest BCUT2D eigenvalue weighted by Gasteiger charge is 2.10. The van der Waals surface area contributed by atoms with Crippen molar-refractivity contribution >= 4 is 11.8 Å². The Morgan fingerprint density at radius 1 is 1.06 bits per heavy atom. The van der Waals surface area contributed by atoms with Crippen LogP contribution in [0.1, 0.15) is 11.1 Å². The van der Waals surface area contributed by atoms with Gasteiger partial charge in [-0.25, -0.2) is 4.98 Å². The maximum atomic E-state index is 5.86. The number of benzene rings is 1.